The lowest BCUT2D eigenvalue weighted by Gasteiger charge is -2.09. The van der Waals surface area contributed by atoms with Gasteiger partial charge in [-0.25, -0.2) is 5.10 Å². The van der Waals surface area contributed by atoms with Gasteiger partial charge in [-0.15, -0.1) is 0 Å². The van der Waals surface area contributed by atoms with E-state index in [1.54, 1.807) is 0 Å². The number of alkyl halides is 3. The lowest BCUT2D eigenvalue weighted by Crippen LogP contribution is -2.29. The summed E-state index contributed by atoms with van der Waals surface area (Å²) >= 11 is 0. The molecule has 0 fully saturated rings. The Morgan fingerprint density at radius 2 is 1.87 bits per heavy atom. The van der Waals surface area contributed by atoms with Crippen LogP contribution in [0.25, 0.3) is 0 Å². The third-order valence-electron chi connectivity index (χ3n) is 2.75. The van der Waals surface area contributed by atoms with E-state index in [0.29, 0.717) is 0 Å². The molecule has 0 aliphatic carbocycles. The van der Waals surface area contributed by atoms with E-state index in [1.165, 1.54) is 24.3 Å². The van der Waals surface area contributed by atoms with Gasteiger partial charge in [0.15, 0.2) is 0 Å². The van der Waals surface area contributed by atoms with Crippen molar-refractivity contribution in [3.05, 3.63) is 58.0 Å². The summed E-state index contributed by atoms with van der Waals surface area (Å²) in [7, 11) is 0. The number of hydrogen-bond donors (Lipinski definition) is 2. The zero-order valence-corrected chi connectivity index (χ0v) is 11.7. The van der Waals surface area contributed by atoms with Crippen molar-refractivity contribution in [3.63, 3.8) is 0 Å². The summed E-state index contributed by atoms with van der Waals surface area (Å²) in [4.78, 5) is 22.5. The molecule has 0 radical (unpaired) electrons. The topological polar surface area (TPSA) is 84.1 Å². The van der Waals surface area contributed by atoms with Gasteiger partial charge in [-0.05, 0) is 30.3 Å². The molecule has 23 heavy (non-hydrogen) atoms. The lowest BCUT2D eigenvalue weighted by atomic mass is 10.2. The molecule has 0 saturated heterocycles. The number of benzene rings is 1. The Hall–Kier alpha value is -2.84. The number of hydrogen-bond acceptors (Lipinski definition) is 4. The second-order valence-corrected chi connectivity index (χ2v) is 4.43. The largest absolute Gasteiger partial charge is 0.492 e. The van der Waals surface area contributed by atoms with Crippen molar-refractivity contribution in [2.45, 2.75) is 6.18 Å². The Balaban J connectivity index is 1.78. The number of ether oxygens (including phenoxy) is 1. The Labute approximate surface area is 128 Å². The molecule has 0 spiro atoms. The maximum Gasteiger partial charge on any atom is 0.416 e. The maximum atomic E-state index is 12.4. The van der Waals surface area contributed by atoms with Crippen LogP contribution in [0.3, 0.4) is 0 Å². The number of H-pyrrole nitrogens is 1. The molecule has 0 unspecified atom stereocenters. The van der Waals surface area contributed by atoms with Crippen molar-refractivity contribution < 1.29 is 22.7 Å². The molecule has 1 heterocycles. The highest BCUT2D eigenvalue weighted by atomic mass is 19.4. The van der Waals surface area contributed by atoms with Gasteiger partial charge < -0.3 is 10.1 Å². The molecular formula is C14H12F3N3O3. The standard InChI is InChI=1S/C14H12F3N3O3/c15-14(16,17)9-1-3-10(4-2-9)23-8-7-18-13(22)11-5-6-12(21)20-19-11/h1-6H,7-8H2,(H,18,22)(H,20,21). The molecule has 2 N–H and O–H groups in total. The van der Waals surface area contributed by atoms with E-state index in [-0.39, 0.29) is 24.6 Å². The first-order valence-corrected chi connectivity index (χ1v) is 6.50. The van der Waals surface area contributed by atoms with Crippen LogP contribution in [0.4, 0.5) is 13.2 Å². The van der Waals surface area contributed by atoms with Gasteiger partial charge in [0.25, 0.3) is 11.5 Å². The summed E-state index contributed by atoms with van der Waals surface area (Å²) in [5.74, 6) is -0.244. The van der Waals surface area contributed by atoms with E-state index in [0.717, 1.165) is 12.1 Å². The molecule has 9 heteroatoms. The van der Waals surface area contributed by atoms with Crippen LogP contribution in [-0.4, -0.2) is 29.3 Å². The van der Waals surface area contributed by atoms with Crippen LogP contribution < -0.4 is 15.6 Å². The number of carbonyl (C=O) groups excluding carboxylic acids is 1. The van der Waals surface area contributed by atoms with Gasteiger partial charge in [-0.1, -0.05) is 0 Å². The van der Waals surface area contributed by atoms with Crippen molar-refractivity contribution >= 4 is 5.91 Å². The second kappa shape index (κ2) is 6.95. The van der Waals surface area contributed by atoms with Crippen LogP contribution in [0.1, 0.15) is 16.1 Å². The van der Waals surface area contributed by atoms with Gasteiger partial charge in [0.1, 0.15) is 18.1 Å². The first kappa shape index (κ1) is 16.5. The zero-order valence-electron chi connectivity index (χ0n) is 11.7. The molecule has 6 nitrogen and oxygen atoms in total. The predicted molar refractivity (Wildman–Crippen MR) is 74.1 cm³/mol. The predicted octanol–water partition coefficient (Wildman–Crippen LogP) is 1.60. The molecule has 1 amide bonds. The van der Waals surface area contributed by atoms with Gasteiger partial charge in [-0.2, -0.15) is 18.3 Å². The van der Waals surface area contributed by atoms with Gasteiger partial charge in [0.05, 0.1) is 12.1 Å². The number of nitrogens with zero attached hydrogens (tertiary/aromatic N) is 1. The summed E-state index contributed by atoms with van der Waals surface area (Å²) in [5, 5.41) is 8.17. The Morgan fingerprint density at radius 3 is 2.43 bits per heavy atom. The summed E-state index contributed by atoms with van der Waals surface area (Å²) in [6.45, 7) is 0.196. The fourth-order valence-corrected chi connectivity index (χ4v) is 1.64. The van der Waals surface area contributed by atoms with E-state index >= 15 is 0 Å². The summed E-state index contributed by atoms with van der Waals surface area (Å²) in [6.07, 6.45) is -4.39. The van der Waals surface area contributed by atoms with Gasteiger partial charge in [0, 0.05) is 6.07 Å². The minimum Gasteiger partial charge on any atom is -0.492 e. The van der Waals surface area contributed by atoms with Crippen molar-refractivity contribution in [3.8, 4) is 5.75 Å². The Morgan fingerprint density at radius 1 is 1.17 bits per heavy atom. The maximum absolute atomic E-state index is 12.4. The molecule has 0 aliphatic rings. The van der Waals surface area contributed by atoms with Crippen LogP contribution in [-0.2, 0) is 6.18 Å². The highest BCUT2D eigenvalue weighted by Crippen LogP contribution is 2.30. The van der Waals surface area contributed by atoms with Crippen LogP contribution in [0, 0.1) is 0 Å². The number of aromatic nitrogens is 2. The van der Waals surface area contributed by atoms with Crippen molar-refractivity contribution in [1.82, 2.24) is 15.5 Å². The van der Waals surface area contributed by atoms with Crippen LogP contribution in [0.5, 0.6) is 5.75 Å². The van der Waals surface area contributed by atoms with Crippen molar-refractivity contribution in [1.29, 1.82) is 0 Å². The highest BCUT2D eigenvalue weighted by molar-refractivity contribution is 5.91. The molecule has 0 aliphatic heterocycles. The zero-order chi connectivity index (χ0) is 16.9. The molecule has 1 aromatic carbocycles. The number of rotatable bonds is 5. The molecule has 0 saturated carbocycles. The average Bonchev–Trinajstić information content (AvgIpc) is 2.51. The van der Waals surface area contributed by atoms with Crippen molar-refractivity contribution in [2.24, 2.45) is 0 Å². The minimum absolute atomic E-state index is 0.0409. The summed E-state index contributed by atoms with van der Waals surface area (Å²) in [5.41, 5.74) is -1.14. The first-order valence-electron chi connectivity index (χ1n) is 6.50. The quantitative estimate of drug-likeness (QED) is 0.817. The molecule has 2 rings (SSSR count). The van der Waals surface area contributed by atoms with Gasteiger partial charge in [-0.3, -0.25) is 9.59 Å². The molecule has 1 aromatic heterocycles. The second-order valence-electron chi connectivity index (χ2n) is 4.43. The van der Waals surface area contributed by atoms with Crippen LogP contribution in [0.15, 0.2) is 41.2 Å². The average molecular weight is 327 g/mol. The number of amides is 1. The number of aromatic amines is 1. The molecule has 0 bridgehead atoms. The number of carbonyl (C=O) groups is 1. The fourth-order valence-electron chi connectivity index (χ4n) is 1.64. The smallest absolute Gasteiger partial charge is 0.416 e. The molecular weight excluding hydrogens is 315 g/mol. The third-order valence-corrected chi connectivity index (χ3v) is 2.75. The SMILES string of the molecule is O=C(NCCOc1ccc(C(F)(F)F)cc1)c1ccc(=O)[nH]n1. The third kappa shape index (κ3) is 4.83. The van der Waals surface area contributed by atoms with E-state index in [4.69, 9.17) is 4.74 Å². The lowest BCUT2D eigenvalue weighted by molar-refractivity contribution is -0.137. The summed E-state index contributed by atoms with van der Waals surface area (Å²) < 4.78 is 42.4. The van der Waals surface area contributed by atoms with Crippen LogP contribution >= 0.6 is 0 Å². The van der Waals surface area contributed by atoms with E-state index < -0.39 is 23.2 Å². The summed E-state index contributed by atoms with van der Waals surface area (Å²) in [6, 6.07) is 6.67. The highest BCUT2D eigenvalue weighted by Gasteiger charge is 2.29. The fraction of sp³-hybridized carbons (Fsp3) is 0.214. The van der Waals surface area contributed by atoms with E-state index in [9.17, 15) is 22.8 Å². The number of nitrogens with one attached hydrogen (secondary N) is 2. The first-order chi connectivity index (χ1) is 10.9. The monoisotopic (exact) mass is 327 g/mol. The number of halogens is 3. The van der Waals surface area contributed by atoms with Gasteiger partial charge >= 0.3 is 6.18 Å². The Kier molecular flexibility index (Phi) is 4.99. The van der Waals surface area contributed by atoms with Crippen molar-refractivity contribution in [2.75, 3.05) is 13.2 Å². The van der Waals surface area contributed by atoms with Crippen LogP contribution in [0.2, 0.25) is 0 Å². The molecule has 0 atom stereocenters. The van der Waals surface area contributed by atoms with Gasteiger partial charge in [0.2, 0.25) is 0 Å². The minimum atomic E-state index is -4.39. The Bertz CT molecular complexity index is 706. The normalized spacial score (nSPS) is 11.1. The van der Waals surface area contributed by atoms with E-state index in [1.807, 2.05) is 0 Å². The molecule has 2 aromatic rings. The molecule has 122 valence electrons. The van der Waals surface area contributed by atoms with E-state index in [2.05, 4.69) is 15.5 Å².